The van der Waals surface area contributed by atoms with Crippen LogP contribution in [-0.4, -0.2) is 50.3 Å². The second-order valence-electron chi connectivity index (χ2n) is 6.79. The van der Waals surface area contributed by atoms with Crippen LogP contribution >= 0.6 is 11.6 Å². The molecule has 7 heteroatoms. The number of halogens is 1. The van der Waals surface area contributed by atoms with Crippen LogP contribution < -0.4 is 19.5 Å². The highest BCUT2D eigenvalue weighted by Crippen LogP contribution is 2.33. The maximum Gasteiger partial charge on any atom is 0.265 e. The molecule has 0 bridgehead atoms. The van der Waals surface area contributed by atoms with Gasteiger partial charge in [-0.25, -0.2) is 0 Å². The number of rotatable bonds is 9. The molecule has 2 aromatic rings. The van der Waals surface area contributed by atoms with Gasteiger partial charge < -0.3 is 24.4 Å². The van der Waals surface area contributed by atoms with E-state index in [0.717, 1.165) is 25.2 Å². The van der Waals surface area contributed by atoms with Gasteiger partial charge >= 0.3 is 0 Å². The normalized spacial score (nSPS) is 15.0. The molecule has 2 aromatic carbocycles. The van der Waals surface area contributed by atoms with E-state index in [9.17, 15) is 4.79 Å². The predicted molar refractivity (Wildman–Crippen MR) is 114 cm³/mol. The summed E-state index contributed by atoms with van der Waals surface area (Å²) in [5.74, 6) is 1.71. The third-order valence-corrected chi connectivity index (χ3v) is 5.22. The van der Waals surface area contributed by atoms with E-state index in [2.05, 4.69) is 24.1 Å². The van der Waals surface area contributed by atoms with Gasteiger partial charge in [0.05, 0.1) is 7.11 Å². The number of benzene rings is 2. The number of carbonyl (C=O) groups is 1. The molecule has 1 aliphatic rings. The van der Waals surface area contributed by atoms with Crippen molar-refractivity contribution in [2.75, 3.05) is 38.7 Å². The number of methoxy groups -OCH3 is 1. The highest BCUT2D eigenvalue weighted by molar-refractivity contribution is 6.30. The molecule has 29 heavy (non-hydrogen) atoms. The SMILES string of the molecule is CCN(CC)CCOc1cc(NC(=O)C2Cc3cc(Cl)ccc3O2)ccc1OC. The van der Waals surface area contributed by atoms with Crippen molar-refractivity contribution in [1.82, 2.24) is 4.90 Å². The zero-order valence-corrected chi connectivity index (χ0v) is 17.8. The van der Waals surface area contributed by atoms with Gasteiger partial charge in [0, 0.05) is 29.7 Å². The van der Waals surface area contributed by atoms with Gasteiger partial charge in [-0.1, -0.05) is 25.4 Å². The van der Waals surface area contributed by atoms with Crippen molar-refractivity contribution in [3.8, 4) is 17.2 Å². The minimum absolute atomic E-state index is 0.211. The van der Waals surface area contributed by atoms with E-state index < -0.39 is 6.10 Å². The Balaban J connectivity index is 1.62. The smallest absolute Gasteiger partial charge is 0.265 e. The van der Waals surface area contributed by atoms with Crippen LogP contribution in [0.5, 0.6) is 17.2 Å². The molecule has 0 aliphatic carbocycles. The van der Waals surface area contributed by atoms with Crippen molar-refractivity contribution in [3.63, 3.8) is 0 Å². The lowest BCUT2D eigenvalue weighted by atomic mass is 10.1. The van der Waals surface area contributed by atoms with E-state index in [-0.39, 0.29) is 5.91 Å². The second-order valence-corrected chi connectivity index (χ2v) is 7.23. The molecular formula is C22H27ClN2O4. The van der Waals surface area contributed by atoms with E-state index >= 15 is 0 Å². The highest BCUT2D eigenvalue weighted by atomic mass is 35.5. The number of nitrogens with one attached hydrogen (secondary N) is 1. The summed E-state index contributed by atoms with van der Waals surface area (Å²) in [6.07, 6.45) is -0.0944. The zero-order chi connectivity index (χ0) is 20.8. The fourth-order valence-corrected chi connectivity index (χ4v) is 3.47. The first-order chi connectivity index (χ1) is 14.0. The molecule has 6 nitrogen and oxygen atoms in total. The van der Waals surface area contributed by atoms with E-state index in [1.54, 1.807) is 37.4 Å². The van der Waals surface area contributed by atoms with Gasteiger partial charge in [-0.3, -0.25) is 4.79 Å². The number of ether oxygens (including phenoxy) is 3. The van der Waals surface area contributed by atoms with Crippen molar-refractivity contribution in [2.24, 2.45) is 0 Å². The maximum absolute atomic E-state index is 12.7. The standard InChI is InChI=1S/C22H27ClN2O4/c1-4-25(5-2)10-11-28-20-14-17(7-9-19(20)27-3)24-22(26)21-13-15-12-16(23)6-8-18(15)29-21/h6-9,12,14,21H,4-5,10-11,13H2,1-3H3,(H,24,26). The monoisotopic (exact) mass is 418 g/mol. The van der Waals surface area contributed by atoms with Crippen LogP contribution in [0.15, 0.2) is 36.4 Å². The molecule has 1 N–H and O–H groups in total. The molecule has 0 radical (unpaired) electrons. The maximum atomic E-state index is 12.7. The zero-order valence-electron chi connectivity index (χ0n) is 17.0. The molecule has 0 spiro atoms. The Labute approximate surface area is 176 Å². The number of amides is 1. The van der Waals surface area contributed by atoms with Gasteiger partial charge in [0.1, 0.15) is 12.4 Å². The first-order valence-corrected chi connectivity index (χ1v) is 10.2. The van der Waals surface area contributed by atoms with E-state index in [1.165, 1.54) is 0 Å². The Kier molecular flexibility index (Phi) is 7.23. The fraction of sp³-hybridized carbons (Fsp3) is 0.409. The topological polar surface area (TPSA) is 60.0 Å². The molecule has 0 saturated carbocycles. The molecule has 3 rings (SSSR count). The Hall–Kier alpha value is -2.44. The molecule has 0 saturated heterocycles. The highest BCUT2D eigenvalue weighted by Gasteiger charge is 2.29. The van der Waals surface area contributed by atoms with Gasteiger partial charge in [-0.2, -0.15) is 0 Å². The van der Waals surface area contributed by atoms with Gasteiger partial charge in [0.2, 0.25) is 0 Å². The summed E-state index contributed by atoms with van der Waals surface area (Å²) in [6.45, 7) is 7.56. The van der Waals surface area contributed by atoms with E-state index in [4.69, 9.17) is 25.8 Å². The molecule has 156 valence electrons. The van der Waals surface area contributed by atoms with Crippen LogP contribution in [0.25, 0.3) is 0 Å². The van der Waals surface area contributed by atoms with Crippen molar-refractivity contribution in [1.29, 1.82) is 0 Å². The summed E-state index contributed by atoms with van der Waals surface area (Å²) < 4.78 is 17.0. The van der Waals surface area contributed by atoms with Gasteiger partial charge in [0.25, 0.3) is 5.91 Å². The first-order valence-electron chi connectivity index (χ1n) is 9.83. The number of carbonyl (C=O) groups excluding carboxylic acids is 1. The molecule has 0 aromatic heterocycles. The lowest BCUT2D eigenvalue weighted by Gasteiger charge is -2.19. The number of nitrogens with zero attached hydrogens (tertiary/aromatic N) is 1. The molecule has 1 amide bonds. The molecule has 0 fully saturated rings. The first kappa shape index (κ1) is 21.3. The molecular weight excluding hydrogens is 392 g/mol. The predicted octanol–water partition coefficient (Wildman–Crippen LogP) is 4.01. The Morgan fingerprint density at radius 2 is 2.00 bits per heavy atom. The van der Waals surface area contributed by atoms with Crippen LogP contribution in [0.4, 0.5) is 5.69 Å². The second kappa shape index (κ2) is 9.85. The molecule has 1 atom stereocenters. The van der Waals surface area contributed by atoms with E-state index in [0.29, 0.717) is 41.0 Å². The Bertz CT molecular complexity index is 855. The summed E-state index contributed by atoms with van der Waals surface area (Å²) in [4.78, 5) is 14.9. The Morgan fingerprint density at radius 3 is 2.72 bits per heavy atom. The summed E-state index contributed by atoms with van der Waals surface area (Å²) in [7, 11) is 1.60. The third kappa shape index (κ3) is 5.34. The van der Waals surface area contributed by atoms with Crippen LogP contribution in [0.1, 0.15) is 19.4 Å². The van der Waals surface area contributed by atoms with Crippen molar-refractivity contribution in [3.05, 3.63) is 47.0 Å². The Morgan fingerprint density at radius 1 is 1.21 bits per heavy atom. The van der Waals surface area contributed by atoms with Crippen LogP contribution in [0.2, 0.25) is 5.02 Å². The number of fused-ring (bicyclic) bond motifs is 1. The lowest BCUT2D eigenvalue weighted by molar-refractivity contribution is -0.122. The average molecular weight is 419 g/mol. The lowest BCUT2D eigenvalue weighted by Crippen LogP contribution is -2.31. The van der Waals surface area contributed by atoms with Crippen LogP contribution in [-0.2, 0) is 11.2 Å². The summed E-state index contributed by atoms with van der Waals surface area (Å²) in [5, 5.41) is 3.54. The number of hydrogen-bond donors (Lipinski definition) is 1. The molecule has 1 heterocycles. The fourth-order valence-electron chi connectivity index (χ4n) is 3.28. The van der Waals surface area contributed by atoms with E-state index in [1.807, 2.05) is 6.07 Å². The van der Waals surface area contributed by atoms with Crippen molar-refractivity contribution >= 4 is 23.2 Å². The van der Waals surface area contributed by atoms with Gasteiger partial charge in [-0.15, -0.1) is 0 Å². The number of likely N-dealkylation sites (N-methyl/N-ethyl adjacent to an activating group) is 1. The molecule has 1 aliphatic heterocycles. The minimum atomic E-state index is -0.586. The van der Waals surface area contributed by atoms with Crippen molar-refractivity contribution in [2.45, 2.75) is 26.4 Å². The van der Waals surface area contributed by atoms with Gasteiger partial charge in [-0.05, 0) is 49.0 Å². The summed E-state index contributed by atoms with van der Waals surface area (Å²) in [6, 6.07) is 10.7. The number of hydrogen-bond acceptors (Lipinski definition) is 5. The largest absolute Gasteiger partial charge is 0.493 e. The van der Waals surface area contributed by atoms with Crippen LogP contribution in [0.3, 0.4) is 0 Å². The van der Waals surface area contributed by atoms with Crippen molar-refractivity contribution < 1.29 is 19.0 Å². The number of anilines is 1. The third-order valence-electron chi connectivity index (χ3n) is 4.98. The minimum Gasteiger partial charge on any atom is -0.493 e. The average Bonchev–Trinajstić information content (AvgIpc) is 3.15. The summed E-state index contributed by atoms with van der Waals surface area (Å²) in [5.41, 5.74) is 1.57. The quantitative estimate of drug-likeness (QED) is 0.666. The van der Waals surface area contributed by atoms with Gasteiger partial charge in [0.15, 0.2) is 17.6 Å². The van der Waals surface area contributed by atoms with Crippen LogP contribution in [0, 0.1) is 0 Å². The molecule has 1 unspecified atom stereocenters. The summed E-state index contributed by atoms with van der Waals surface area (Å²) >= 11 is 6.02.